The summed E-state index contributed by atoms with van der Waals surface area (Å²) in [5, 5.41) is 28.9. The smallest absolute Gasteiger partial charge is 0.308 e. The van der Waals surface area contributed by atoms with Gasteiger partial charge in [0.15, 0.2) is 0 Å². The van der Waals surface area contributed by atoms with Crippen LogP contribution in [0.2, 0.25) is 0 Å². The quantitative estimate of drug-likeness (QED) is 0.342. The topological polar surface area (TPSA) is 113 Å². The predicted octanol–water partition coefficient (Wildman–Crippen LogP) is 0.322. The number of aliphatic hydroxyl groups is 2. The van der Waals surface area contributed by atoms with Crippen LogP contribution < -0.4 is 5.73 Å². The van der Waals surface area contributed by atoms with Gasteiger partial charge in [-0.3, -0.25) is 4.79 Å². The normalized spacial score (nSPS) is 13.9. The number of carbonyl (C=O) groups excluding carboxylic acids is 1. The monoisotopic (exact) mass is 255 g/mol. The van der Waals surface area contributed by atoms with Gasteiger partial charge < -0.3 is 25.8 Å². The van der Waals surface area contributed by atoms with E-state index in [0.717, 1.165) is 0 Å². The molecule has 0 aliphatic rings. The standard InChI is InChI=1S/C12H17NO5/c1-2-18-11(16)6-10(15)12(17)7-3-4-8(13)9(14)5-7/h3-5,10,12,14-15,17H,2,6,13H2,1H3. The lowest BCUT2D eigenvalue weighted by Crippen LogP contribution is -2.23. The van der Waals surface area contributed by atoms with E-state index in [1.807, 2.05) is 0 Å². The summed E-state index contributed by atoms with van der Waals surface area (Å²) in [6.45, 7) is 1.86. The third kappa shape index (κ3) is 3.61. The number of rotatable bonds is 5. The molecule has 18 heavy (non-hydrogen) atoms. The van der Waals surface area contributed by atoms with Crippen molar-refractivity contribution in [2.75, 3.05) is 12.3 Å². The summed E-state index contributed by atoms with van der Waals surface area (Å²) in [5.74, 6) is -0.779. The number of hydrogen-bond donors (Lipinski definition) is 4. The minimum Gasteiger partial charge on any atom is -0.506 e. The molecule has 0 aromatic heterocycles. The van der Waals surface area contributed by atoms with E-state index in [1.165, 1.54) is 18.2 Å². The Morgan fingerprint density at radius 3 is 2.67 bits per heavy atom. The average Bonchev–Trinajstić information content (AvgIpc) is 2.32. The van der Waals surface area contributed by atoms with Crippen LogP contribution in [-0.2, 0) is 9.53 Å². The van der Waals surface area contributed by atoms with Gasteiger partial charge >= 0.3 is 5.97 Å². The predicted molar refractivity (Wildman–Crippen MR) is 64.7 cm³/mol. The molecule has 2 atom stereocenters. The van der Waals surface area contributed by atoms with Gasteiger partial charge in [0, 0.05) is 0 Å². The first-order chi connectivity index (χ1) is 8.45. The zero-order valence-electron chi connectivity index (χ0n) is 10.0. The zero-order chi connectivity index (χ0) is 13.7. The van der Waals surface area contributed by atoms with Crippen LogP contribution in [0.1, 0.15) is 25.0 Å². The highest BCUT2D eigenvalue weighted by molar-refractivity contribution is 5.70. The maximum absolute atomic E-state index is 11.1. The molecular formula is C12H17NO5. The van der Waals surface area contributed by atoms with Crippen molar-refractivity contribution in [1.29, 1.82) is 0 Å². The van der Waals surface area contributed by atoms with Crippen molar-refractivity contribution >= 4 is 11.7 Å². The number of phenolic OH excluding ortho intramolecular Hbond substituents is 1. The van der Waals surface area contributed by atoms with E-state index in [-0.39, 0.29) is 30.0 Å². The second kappa shape index (κ2) is 6.23. The van der Waals surface area contributed by atoms with Gasteiger partial charge in [0.25, 0.3) is 0 Å². The first-order valence-electron chi connectivity index (χ1n) is 5.55. The first kappa shape index (κ1) is 14.3. The van der Waals surface area contributed by atoms with Gasteiger partial charge in [-0.25, -0.2) is 0 Å². The highest BCUT2D eigenvalue weighted by Crippen LogP contribution is 2.26. The van der Waals surface area contributed by atoms with Crippen molar-refractivity contribution in [2.24, 2.45) is 0 Å². The molecule has 0 fully saturated rings. The third-order valence-corrected chi connectivity index (χ3v) is 2.44. The number of phenols is 1. The summed E-state index contributed by atoms with van der Waals surface area (Å²) in [6.07, 6.45) is -2.91. The molecule has 6 nitrogen and oxygen atoms in total. The lowest BCUT2D eigenvalue weighted by atomic mass is 10.0. The highest BCUT2D eigenvalue weighted by atomic mass is 16.5. The fraction of sp³-hybridized carbons (Fsp3) is 0.417. The Morgan fingerprint density at radius 1 is 1.44 bits per heavy atom. The molecule has 0 radical (unpaired) electrons. The minimum absolute atomic E-state index is 0.172. The first-order valence-corrected chi connectivity index (χ1v) is 5.55. The zero-order valence-corrected chi connectivity index (χ0v) is 10.0. The van der Waals surface area contributed by atoms with Crippen molar-refractivity contribution in [3.63, 3.8) is 0 Å². The molecule has 100 valence electrons. The summed E-state index contributed by atoms with van der Waals surface area (Å²) in [6, 6.07) is 4.12. The number of aromatic hydroxyl groups is 1. The molecule has 1 aromatic carbocycles. The molecule has 0 saturated heterocycles. The van der Waals surface area contributed by atoms with Gasteiger partial charge in [-0.15, -0.1) is 0 Å². The molecule has 0 spiro atoms. The molecule has 0 aliphatic heterocycles. The van der Waals surface area contributed by atoms with E-state index >= 15 is 0 Å². The number of esters is 1. The van der Waals surface area contributed by atoms with Crippen molar-refractivity contribution in [3.05, 3.63) is 23.8 Å². The van der Waals surface area contributed by atoms with Gasteiger partial charge in [0.05, 0.1) is 24.8 Å². The van der Waals surface area contributed by atoms with E-state index in [1.54, 1.807) is 6.92 Å². The molecule has 0 amide bonds. The molecule has 0 bridgehead atoms. The summed E-state index contributed by atoms with van der Waals surface area (Å²) in [4.78, 5) is 11.1. The van der Waals surface area contributed by atoms with E-state index in [4.69, 9.17) is 5.73 Å². The van der Waals surface area contributed by atoms with Crippen molar-refractivity contribution < 1.29 is 24.9 Å². The lowest BCUT2D eigenvalue weighted by molar-refractivity contribution is -0.147. The maximum Gasteiger partial charge on any atom is 0.308 e. The number of nitrogen functional groups attached to an aromatic ring is 1. The number of hydrogen-bond acceptors (Lipinski definition) is 6. The Labute approximate surface area is 105 Å². The molecule has 5 N–H and O–H groups in total. The average molecular weight is 255 g/mol. The van der Waals surface area contributed by atoms with Gasteiger partial charge in [-0.2, -0.15) is 0 Å². The molecule has 1 aromatic rings. The Bertz CT molecular complexity index is 421. The molecular weight excluding hydrogens is 238 g/mol. The van der Waals surface area contributed by atoms with Crippen molar-refractivity contribution in [2.45, 2.75) is 25.6 Å². The van der Waals surface area contributed by atoms with Crippen LogP contribution in [-0.4, -0.2) is 34.0 Å². The van der Waals surface area contributed by atoms with E-state index in [0.29, 0.717) is 0 Å². The SMILES string of the molecule is CCOC(=O)CC(O)C(O)c1ccc(N)c(O)c1. The van der Waals surface area contributed by atoms with E-state index in [9.17, 15) is 20.1 Å². The molecule has 2 unspecified atom stereocenters. The minimum atomic E-state index is -1.30. The van der Waals surface area contributed by atoms with Crippen molar-refractivity contribution in [1.82, 2.24) is 0 Å². The van der Waals surface area contributed by atoms with Crippen LogP contribution in [0.3, 0.4) is 0 Å². The van der Waals surface area contributed by atoms with Crippen LogP contribution in [0.4, 0.5) is 5.69 Å². The van der Waals surface area contributed by atoms with Crippen LogP contribution in [0.25, 0.3) is 0 Å². The van der Waals surface area contributed by atoms with Crippen LogP contribution in [0.15, 0.2) is 18.2 Å². The van der Waals surface area contributed by atoms with Gasteiger partial charge in [-0.1, -0.05) is 6.07 Å². The van der Waals surface area contributed by atoms with E-state index in [2.05, 4.69) is 4.74 Å². The summed E-state index contributed by atoms with van der Waals surface area (Å²) >= 11 is 0. The number of ether oxygens (including phenoxy) is 1. The number of aliphatic hydroxyl groups excluding tert-OH is 2. The largest absolute Gasteiger partial charge is 0.506 e. The van der Waals surface area contributed by atoms with Crippen LogP contribution >= 0.6 is 0 Å². The molecule has 6 heteroatoms. The Morgan fingerprint density at radius 2 is 2.11 bits per heavy atom. The second-order valence-electron chi connectivity index (χ2n) is 3.84. The molecule has 1 rings (SSSR count). The fourth-order valence-electron chi connectivity index (χ4n) is 1.47. The Hall–Kier alpha value is -1.79. The molecule has 0 saturated carbocycles. The van der Waals surface area contributed by atoms with Crippen molar-refractivity contribution in [3.8, 4) is 5.75 Å². The van der Waals surface area contributed by atoms with Gasteiger partial charge in [0.2, 0.25) is 0 Å². The summed E-state index contributed by atoms with van der Waals surface area (Å²) in [7, 11) is 0. The Kier molecular flexibility index (Phi) is 4.94. The maximum atomic E-state index is 11.1. The highest BCUT2D eigenvalue weighted by Gasteiger charge is 2.22. The second-order valence-corrected chi connectivity index (χ2v) is 3.84. The number of nitrogens with two attached hydrogens (primary N) is 1. The third-order valence-electron chi connectivity index (χ3n) is 2.44. The number of anilines is 1. The summed E-state index contributed by atoms with van der Waals surface area (Å²) in [5.41, 5.74) is 5.87. The van der Waals surface area contributed by atoms with Gasteiger partial charge in [0.1, 0.15) is 11.9 Å². The molecule has 0 heterocycles. The van der Waals surface area contributed by atoms with Crippen LogP contribution in [0.5, 0.6) is 5.75 Å². The number of benzene rings is 1. The van der Waals surface area contributed by atoms with E-state index < -0.39 is 18.2 Å². The van der Waals surface area contributed by atoms with Crippen LogP contribution in [0, 0.1) is 0 Å². The fourth-order valence-corrected chi connectivity index (χ4v) is 1.47. The molecule has 0 aliphatic carbocycles. The number of carbonyl (C=O) groups is 1. The lowest BCUT2D eigenvalue weighted by Gasteiger charge is -2.17. The van der Waals surface area contributed by atoms with Gasteiger partial charge in [-0.05, 0) is 24.6 Å². The summed E-state index contributed by atoms with van der Waals surface area (Å²) < 4.78 is 4.66. The Balaban J connectivity index is 2.70.